The summed E-state index contributed by atoms with van der Waals surface area (Å²) in [6.07, 6.45) is -0.217. The monoisotopic (exact) mass is 340 g/mol. The van der Waals surface area contributed by atoms with Crippen LogP contribution in [0.2, 0.25) is 0 Å². The number of hydrogen-bond acceptors (Lipinski definition) is 5. The van der Waals surface area contributed by atoms with Crippen molar-refractivity contribution in [3.8, 4) is 0 Å². The van der Waals surface area contributed by atoms with Gasteiger partial charge in [-0.2, -0.15) is 0 Å². The molecule has 0 saturated carbocycles. The maximum Gasteiger partial charge on any atom is 0.249 e. The van der Waals surface area contributed by atoms with Crippen LogP contribution in [0.5, 0.6) is 0 Å². The lowest BCUT2D eigenvalue weighted by Crippen LogP contribution is -2.56. The van der Waals surface area contributed by atoms with Gasteiger partial charge in [-0.1, -0.05) is 0 Å². The molecule has 0 radical (unpaired) electrons. The predicted octanol–water partition coefficient (Wildman–Crippen LogP) is -1.15. The van der Waals surface area contributed by atoms with E-state index in [-0.39, 0.29) is 49.1 Å². The van der Waals surface area contributed by atoms with E-state index in [0.717, 1.165) is 0 Å². The zero-order chi connectivity index (χ0) is 18.0. The van der Waals surface area contributed by atoms with Crippen molar-refractivity contribution in [1.29, 1.82) is 0 Å². The number of amides is 3. The van der Waals surface area contributed by atoms with Gasteiger partial charge >= 0.3 is 0 Å². The van der Waals surface area contributed by atoms with Gasteiger partial charge in [0.2, 0.25) is 17.7 Å². The number of likely N-dealkylation sites (tertiary alicyclic amines) is 1. The van der Waals surface area contributed by atoms with E-state index in [4.69, 9.17) is 4.74 Å². The van der Waals surface area contributed by atoms with Crippen LogP contribution in [0.4, 0.5) is 0 Å². The molecule has 136 valence electrons. The van der Waals surface area contributed by atoms with Crippen molar-refractivity contribution in [2.24, 2.45) is 0 Å². The normalized spacial score (nSPS) is 23.9. The summed E-state index contributed by atoms with van der Waals surface area (Å²) in [6.45, 7) is 5.29. The van der Waals surface area contributed by atoms with Gasteiger partial charge in [0.1, 0.15) is 13.2 Å². The summed E-state index contributed by atoms with van der Waals surface area (Å²) >= 11 is 0. The molecule has 0 bridgehead atoms. The molecule has 2 aliphatic heterocycles. The van der Waals surface area contributed by atoms with Crippen LogP contribution in [0.15, 0.2) is 0 Å². The Bertz CT molecular complexity index is 508. The molecule has 0 N–H and O–H groups in total. The molecule has 0 unspecified atom stereocenters. The van der Waals surface area contributed by atoms with Crippen LogP contribution in [0.25, 0.3) is 0 Å². The number of likely N-dealkylation sites (N-methyl/N-ethyl adjacent to an activating group) is 2. The van der Waals surface area contributed by atoms with Crippen LogP contribution in [0, 0.1) is 0 Å². The van der Waals surface area contributed by atoms with E-state index in [1.54, 1.807) is 23.9 Å². The number of nitrogens with zero attached hydrogens (tertiary/aromatic N) is 4. The highest BCUT2D eigenvalue weighted by molar-refractivity contribution is 5.86. The third-order valence-corrected chi connectivity index (χ3v) is 4.80. The largest absolute Gasteiger partial charge is 0.364 e. The van der Waals surface area contributed by atoms with Gasteiger partial charge < -0.3 is 19.4 Å². The van der Waals surface area contributed by atoms with Crippen molar-refractivity contribution < 1.29 is 19.1 Å². The maximum absolute atomic E-state index is 12.5. The highest BCUT2D eigenvalue weighted by Gasteiger charge is 2.45. The Hall–Kier alpha value is -1.67. The van der Waals surface area contributed by atoms with Gasteiger partial charge in [0.25, 0.3) is 0 Å². The number of carbonyl (C=O) groups excluding carboxylic acids is 3. The molecule has 3 amide bonds. The summed E-state index contributed by atoms with van der Waals surface area (Å²) in [7, 11) is 5.24. The number of morpholine rings is 1. The van der Waals surface area contributed by atoms with E-state index < -0.39 is 0 Å². The van der Waals surface area contributed by atoms with Crippen molar-refractivity contribution >= 4 is 17.7 Å². The molecule has 24 heavy (non-hydrogen) atoms. The molecule has 0 aromatic carbocycles. The second kappa shape index (κ2) is 7.48. The van der Waals surface area contributed by atoms with Gasteiger partial charge in [-0.15, -0.1) is 0 Å². The zero-order valence-corrected chi connectivity index (χ0v) is 15.2. The van der Waals surface area contributed by atoms with Crippen LogP contribution < -0.4 is 0 Å². The number of fused-ring (bicyclic) bond motifs is 1. The highest BCUT2D eigenvalue weighted by Crippen LogP contribution is 2.23. The van der Waals surface area contributed by atoms with Gasteiger partial charge in [-0.3, -0.25) is 19.3 Å². The second-order valence-corrected chi connectivity index (χ2v) is 7.03. The Labute approximate surface area is 143 Å². The maximum atomic E-state index is 12.5. The minimum atomic E-state index is -0.247. The molecule has 2 fully saturated rings. The minimum Gasteiger partial charge on any atom is -0.364 e. The lowest BCUT2D eigenvalue weighted by atomic mass is 10.1. The molecular weight excluding hydrogens is 312 g/mol. The fourth-order valence-corrected chi connectivity index (χ4v) is 2.86. The Morgan fingerprint density at radius 3 is 2.50 bits per heavy atom. The Balaban J connectivity index is 2.02. The Kier molecular flexibility index (Phi) is 5.82. The summed E-state index contributed by atoms with van der Waals surface area (Å²) in [5.41, 5.74) is 0. The molecule has 0 spiro atoms. The average molecular weight is 340 g/mol. The SMILES string of the molecule is CC(C)N(C)CC(=O)N1C[C@@H]2[C@@H](C1)OCC(=O)N2CC(=O)N(C)C. The van der Waals surface area contributed by atoms with Crippen molar-refractivity contribution in [3.63, 3.8) is 0 Å². The Morgan fingerprint density at radius 1 is 1.25 bits per heavy atom. The topological polar surface area (TPSA) is 73.4 Å². The van der Waals surface area contributed by atoms with Gasteiger partial charge in [0.15, 0.2) is 0 Å². The van der Waals surface area contributed by atoms with E-state index in [9.17, 15) is 14.4 Å². The van der Waals surface area contributed by atoms with Gasteiger partial charge in [0, 0.05) is 33.2 Å². The first-order valence-corrected chi connectivity index (χ1v) is 8.30. The van der Waals surface area contributed by atoms with Gasteiger partial charge in [0.05, 0.1) is 18.7 Å². The van der Waals surface area contributed by atoms with Crippen molar-refractivity contribution in [3.05, 3.63) is 0 Å². The van der Waals surface area contributed by atoms with E-state index in [2.05, 4.69) is 0 Å². The van der Waals surface area contributed by atoms with E-state index in [1.807, 2.05) is 25.8 Å². The molecule has 2 saturated heterocycles. The first kappa shape index (κ1) is 18.7. The van der Waals surface area contributed by atoms with Crippen molar-refractivity contribution in [1.82, 2.24) is 19.6 Å². The second-order valence-electron chi connectivity index (χ2n) is 7.03. The van der Waals surface area contributed by atoms with Crippen LogP contribution in [-0.2, 0) is 19.1 Å². The van der Waals surface area contributed by atoms with Crippen LogP contribution >= 0.6 is 0 Å². The molecule has 2 atom stereocenters. The summed E-state index contributed by atoms with van der Waals surface area (Å²) < 4.78 is 5.60. The first-order valence-electron chi connectivity index (χ1n) is 8.30. The minimum absolute atomic E-state index is 0.0236. The molecule has 0 aromatic heterocycles. The standard InChI is InChI=1S/C16H28N4O4/c1-11(2)18(5)8-15(22)19-6-12-13(7-19)24-10-16(23)20(12)9-14(21)17(3)4/h11-13H,6-10H2,1-5H3/t12-,13-/m1/s1. The summed E-state index contributed by atoms with van der Waals surface area (Å²) in [6, 6.07) is 0.0364. The molecule has 8 heteroatoms. The zero-order valence-electron chi connectivity index (χ0n) is 15.2. The quantitative estimate of drug-likeness (QED) is 0.632. The number of ether oxygens (including phenoxy) is 1. The first-order chi connectivity index (χ1) is 11.2. The van der Waals surface area contributed by atoms with Crippen molar-refractivity contribution in [2.45, 2.75) is 32.0 Å². The van der Waals surface area contributed by atoms with E-state index in [1.165, 1.54) is 4.90 Å². The van der Waals surface area contributed by atoms with Crippen LogP contribution in [-0.4, -0.2) is 109 Å². The van der Waals surface area contributed by atoms with Crippen molar-refractivity contribution in [2.75, 3.05) is 53.9 Å². The molecule has 2 heterocycles. The lowest BCUT2D eigenvalue weighted by Gasteiger charge is -2.36. The molecule has 8 nitrogen and oxygen atoms in total. The third-order valence-electron chi connectivity index (χ3n) is 4.80. The van der Waals surface area contributed by atoms with E-state index >= 15 is 0 Å². The summed E-state index contributed by atoms with van der Waals surface area (Å²) in [5, 5.41) is 0. The molecule has 2 rings (SSSR count). The highest BCUT2D eigenvalue weighted by atomic mass is 16.5. The lowest BCUT2D eigenvalue weighted by molar-refractivity contribution is -0.156. The molecule has 2 aliphatic rings. The van der Waals surface area contributed by atoms with Crippen LogP contribution in [0.1, 0.15) is 13.8 Å². The van der Waals surface area contributed by atoms with Crippen LogP contribution in [0.3, 0.4) is 0 Å². The number of rotatable bonds is 5. The van der Waals surface area contributed by atoms with Gasteiger partial charge in [-0.25, -0.2) is 0 Å². The molecule has 0 aromatic rings. The summed E-state index contributed by atoms with van der Waals surface area (Å²) in [4.78, 5) is 43.4. The third kappa shape index (κ3) is 4.05. The average Bonchev–Trinajstić information content (AvgIpc) is 2.94. The fraction of sp³-hybridized carbons (Fsp3) is 0.812. The van der Waals surface area contributed by atoms with Gasteiger partial charge in [-0.05, 0) is 20.9 Å². The fourth-order valence-electron chi connectivity index (χ4n) is 2.86. The molecule has 0 aliphatic carbocycles. The number of carbonyl (C=O) groups is 3. The smallest absolute Gasteiger partial charge is 0.249 e. The predicted molar refractivity (Wildman–Crippen MR) is 88.3 cm³/mol. The molecular formula is C16H28N4O4. The summed E-state index contributed by atoms with van der Waals surface area (Å²) in [5.74, 6) is -0.302. The Morgan fingerprint density at radius 2 is 1.92 bits per heavy atom. The van der Waals surface area contributed by atoms with E-state index in [0.29, 0.717) is 19.6 Å². The number of hydrogen-bond donors (Lipinski definition) is 0.